The summed E-state index contributed by atoms with van der Waals surface area (Å²) < 4.78 is 32.9. The number of carbonyl (C=O) groups is 2. The van der Waals surface area contributed by atoms with Crippen LogP contribution in [-0.4, -0.2) is 57.1 Å². The van der Waals surface area contributed by atoms with Crippen molar-refractivity contribution in [3.63, 3.8) is 0 Å². The Morgan fingerprint density at radius 2 is 1.82 bits per heavy atom. The highest BCUT2D eigenvalue weighted by Gasteiger charge is 2.31. The number of para-hydroxylation sites is 2. The highest BCUT2D eigenvalue weighted by Crippen LogP contribution is 2.30. The van der Waals surface area contributed by atoms with Gasteiger partial charge in [0.25, 0.3) is 0 Å². The lowest BCUT2D eigenvalue weighted by molar-refractivity contribution is -0.139. The van der Waals surface area contributed by atoms with Gasteiger partial charge in [0.1, 0.15) is 18.3 Å². The van der Waals surface area contributed by atoms with E-state index in [2.05, 4.69) is 21.2 Å². The third kappa shape index (κ3) is 7.73. The molecule has 0 heterocycles. The lowest BCUT2D eigenvalue weighted by Crippen LogP contribution is -2.51. The quantitative estimate of drug-likeness (QED) is 0.433. The van der Waals surface area contributed by atoms with Crippen LogP contribution in [0.2, 0.25) is 0 Å². The first-order valence-corrected chi connectivity index (χ1v) is 13.7. The second-order valence-corrected chi connectivity index (χ2v) is 10.6. The first-order chi connectivity index (χ1) is 16.1. The molecule has 8 nitrogen and oxygen atoms in total. The van der Waals surface area contributed by atoms with Crippen molar-refractivity contribution in [1.82, 2.24) is 10.2 Å². The van der Waals surface area contributed by atoms with Gasteiger partial charge in [0.2, 0.25) is 21.8 Å². The minimum absolute atomic E-state index is 0.143. The van der Waals surface area contributed by atoms with Crippen LogP contribution >= 0.6 is 15.9 Å². The third-order valence-corrected chi connectivity index (χ3v) is 6.69. The SMILES string of the molecule is CCCNC(=O)[C@H](C)N(Cc1cccc(Br)c1)C(=O)CN(c1ccccc1OCC)S(C)(=O)=O. The van der Waals surface area contributed by atoms with E-state index in [1.165, 1.54) is 4.90 Å². The number of sulfonamides is 1. The molecule has 0 fully saturated rings. The van der Waals surface area contributed by atoms with E-state index < -0.39 is 28.5 Å². The Labute approximate surface area is 210 Å². The number of halogens is 1. The molecule has 0 aliphatic carbocycles. The molecule has 2 rings (SSSR count). The fourth-order valence-electron chi connectivity index (χ4n) is 3.35. The summed E-state index contributed by atoms with van der Waals surface area (Å²) in [5.74, 6) is -0.447. The van der Waals surface area contributed by atoms with Gasteiger partial charge in [0.15, 0.2) is 0 Å². The van der Waals surface area contributed by atoms with E-state index in [1.807, 2.05) is 31.2 Å². The summed E-state index contributed by atoms with van der Waals surface area (Å²) in [6.07, 6.45) is 1.80. The van der Waals surface area contributed by atoms with Crippen LogP contribution in [0.15, 0.2) is 53.0 Å². The predicted octanol–water partition coefficient (Wildman–Crippen LogP) is 3.56. The highest BCUT2D eigenvalue weighted by molar-refractivity contribution is 9.10. The van der Waals surface area contributed by atoms with Crippen molar-refractivity contribution in [2.45, 2.75) is 39.8 Å². The summed E-state index contributed by atoms with van der Waals surface area (Å²) in [6, 6.07) is 13.3. The zero-order valence-corrected chi connectivity index (χ0v) is 22.4. The number of nitrogens with one attached hydrogen (secondary N) is 1. The van der Waals surface area contributed by atoms with Crippen molar-refractivity contribution < 1.29 is 22.7 Å². The van der Waals surface area contributed by atoms with Crippen LogP contribution in [0.3, 0.4) is 0 Å². The first-order valence-electron chi connectivity index (χ1n) is 11.1. The second-order valence-electron chi connectivity index (χ2n) is 7.79. The van der Waals surface area contributed by atoms with Crippen LogP contribution in [-0.2, 0) is 26.2 Å². The Morgan fingerprint density at radius 3 is 2.44 bits per heavy atom. The topological polar surface area (TPSA) is 96.0 Å². The van der Waals surface area contributed by atoms with Gasteiger partial charge in [-0.25, -0.2) is 8.42 Å². The highest BCUT2D eigenvalue weighted by atomic mass is 79.9. The normalized spacial score (nSPS) is 12.0. The number of hydrogen-bond acceptors (Lipinski definition) is 5. The number of nitrogens with zero attached hydrogens (tertiary/aromatic N) is 2. The molecular weight excluding hydrogens is 522 g/mol. The number of hydrogen-bond donors (Lipinski definition) is 1. The molecule has 10 heteroatoms. The number of anilines is 1. The Hall–Kier alpha value is -2.59. The van der Waals surface area contributed by atoms with Gasteiger partial charge in [-0.3, -0.25) is 13.9 Å². The van der Waals surface area contributed by atoms with E-state index in [4.69, 9.17) is 4.74 Å². The molecule has 2 aromatic rings. The number of amides is 2. The lowest BCUT2D eigenvalue weighted by atomic mass is 10.1. The van der Waals surface area contributed by atoms with E-state index in [1.54, 1.807) is 38.1 Å². The summed E-state index contributed by atoms with van der Waals surface area (Å²) in [6.45, 7) is 5.87. The van der Waals surface area contributed by atoms with Crippen molar-refractivity contribution in [3.8, 4) is 5.75 Å². The van der Waals surface area contributed by atoms with Crippen LogP contribution in [0.5, 0.6) is 5.75 Å². The minimum atomic E-state index is -3.83. The molecule has 0 aromatic heterocycles. The van der Waals surface area contributed by atoms with Crippen molar-refractivity contribution in [2.24, 2.45) is 0 Å². The van der Waals surface area contributed by atoms with E-state index >= 15 is 0 Å². The van der Waals surface area contributed by atoms with Crippen molar-refractivity contribution in [3.05, 3.63) is 58.6 Å². The Balaban J connectivity index is 2.42. The summed E-state index contributed by atoms with van der Waals surface area (Å²) in [7, 11) is -3.83. The zero-order chi connectivity index (χ0) is 25.3. The average molecular weight is 555 g/mol. The molecule has 0 bridgehead atoms. The molecule has 0 saturated carbocycles. The van der Waals surface area contributed by atoms with Crippen LogP contribution in [0, 0.1) is 0 Å². The van der Waals surface area contributed by atoms with E-state index in [0.717, 1.165) is 27.0 Å². The van der Waals surface area contributed by atoms with Crippen molar-refractivity contribution in [2.75, 3.05) is 30.3 Å². The molecule has 1 N–H and O–H groups in total. The Morgan fingerprint density at radius 1 is 1.12 bits per heavy atom. The maximum absolute atomic E-state index is 13.5. The molecule has 0 aliphatic heterocycles. The fourth-order valence-corrected chi connectivity index (χ4v) is 4.65. The molecule has 0 spiro atoms. The molecule has 0 aliphatic rings. The molecular formula is C24H32BrN3O5S. The third-order valence-electron chi connectivity index (χ3n) is 5.07. The molecule has 34 heavy (non-hydrogen) atoms. The van der Waals surface area contributed by atoms with Crippen LogP contribution in [0.25, 0.3) is 0 Å². The lowest BCUT2D eigenvalue weighted by Gasteiger charge is -2.32. The predicted molar refractivity (Wildman–Crippen MR) is 137 cm³/mol. The van der Waals surface area contributed by atoms with E-state index in [9.17, 15) is 18.0 Å². The molecule has 1 atom stereocenters. The number of ether oxygens (including phenoxy) is 1. The van der Waals surface area contributed by atoms with Gasteiger partial charge in [-0.1, -0.05) is 47.1 Å². The monoisotopic (exact) mass is 553 g/mol. The van der Waals surface area contributed by atoms with Gasteiger partial charge >= 0.3 is 0 Å². The Bertz CT molecular complexity index is 1090. The smallest absolute Gasteiger partial charge is 0.244 e. The number of carbonyl (C=O) groups excluding carboxylic acids is 2. The van der Waals surface area contributed by atoms with Gasteiger partial charge in [0.05, 0.1) is 18.6 Å². The van der Waals surface area contributed by atoms with E-state index in [0.29, 0.717) is 18.9 Å². The van der Waals surface area contributed by atoms with Gasteiger partial charge in [-0.05, 0) is 50.1 Å². The number of rotatable bonds is 12. The number of benzene rings is 2. The summed E-state index contributed by atoms with van der Waals surface area (Å²) in [4.78, 5) is 27.7. The zero-order valence-electron chi connectivity index (χ0n) is 20.0. The van der Waals surface area contributed by atoms with Gasteiger partial charge in [-0.2, -0.15) is 0 Å². The van der Waals surface area contributed by atoms with Crippen LogP contribution < -0.4 is 14.4 Å². The summed E-state index contributed by atoms with van der Waals surface area (Å²) in [5, 5.41) is 2.81. The molecule has 0 saturated heterocycles. The maximum atomic E-state index is 13.5. The van der Waals surface area contributed by atoms with E-state index in [-0.39, 0.29) is 18.1 Å². The standard InChI is InChI=1S/C24H32BrN3O5S/c1-5-14-26-24(30)18(3)27(16-19-10-9-11-20(25)15-19)23(29)17-28(34(4,31)32)21-12-7-8-13-22(21)33-6-2/h7-13,15,18H,5-6,14,16-17H2,1-4H3,(H,26,30)/t18-/m0/s1. The summed E-state index contributed by atoms with van der Waals surface area (Å²) in [5.41, 5.74) is 1.07. The van der Waals surface area contributed by atoms with Crippen LogP contribution in [0.4, 0.5) is 5.69 Å². The fraction of sp³-hybridized carbons (Fsp3) is 0.417. The minimum Gasteiger partial charge on any atom is -0.492 e. The molecule has 2 amide bonds. The van der Waals surface area contributed by atoms with Crippen LogP contribution in [0.1, 0.15) is 32.8 Å². The maximum Gasteiger partial charge on any atom is 0.244 e. The van der Waals surface area contributed by atoms with Gasteiger partial charge in [0, 0.05) is 17.6 Å². The largest absolute Gasteiger partial charge is 0.492 e. The molecule has 2 aromatic carbocycles. The first kappa shape index (κ1) is 27.7. The average Bonchev–Trinajstić information content (AvgIpc) is 2.79. The van der Waals surface area contributed by atoms with Crippen molar-refractivity contribution in [1.29, 1.82) is 0 Å². The molecule has 0 unspecified atom stereocenters. The summed E-state index contributed by atoms with van der Waals surface area (Å²) >= 11 is 3.42. The van der Waals surface area contributed by atoms with Crippen molar-refractivity contribution >= 4 is 43.5 Å². The van der Waals surface area contributed by atoms with Gasteiger partial charge in [-0.15, -0.1) is 0 Å². The van der Waals surface area contributed by atoms with Gasteiger partial charge < -0.3 is 15.0 Å². The second kappa shape index (κ2) is 12.8. The Kier molecular flexibility index (Phi) is 10.4. The molecule has 186 valence electrons. The molecule has 0 radical (unpaired) electrons.